The van der Waals surface area contributed by atoms with Crippen molar-refractivity contribution >= 4 is 60.4 Å². The van der Waals surface area contributed by atoms with Gasteiger partial charge in [-0.05, 0) is 81.1 Å². The quantitative estimate of drug-likeness (QED) is 0.158. The molecule has 1 aromatic heterocycles. The van der Waals surface area contributed by atoms with Crippen molar-refractivity contribution < 1.29 is 0 Å². The molecule has 10 aromatic carbocycles. The molecule has 0 spiro atoms. The van der Waals surface area contributed by atoms with Crippen molar-refractivity contribution in [2.45, 2.75) is 0 Å². The summed E-state index contributed by atoms with van der Waals surface area (Å²) in [5, 5.41) is 7.31. The highest BCUT2D eigenvalue weighted by Gasteiger charge is 2.22. The van der Waals surface area contributed by atoms with E-state index in [0.717, 1.165) is 28.3 Å². The molecule has 0 aliphatic carbocycles. The first-order chi connectivity index (χ1) is 28.8. The Bertz CT molecular complexity index is 3190. The number of hydrogen-bond donors (Lipinski definition) is 0. The maximum absolute atomic E-state index is 2.47. The number of hydrogen-bond acceptors (Lipinski definition) is 1. The van der Waals surface area contributed by atoms with Gasteiger partial charge in [-0.25, -0.2) is 0 Å². The van der Waals surface area contributed by atoms with Gasteiger partial charge in [0.05, 0.1) is 28.1 Å². The molecule has 0 N–H and O–H groups in total. The van der Waals surface area contributed by atoms with Gasteiger partial charge in [-0.2, -0.15) is 0 Å². The number of rotatable bonds is 7. The van der Waals surface area contributed by atoms with Crippen LogP contribution in [0.25, 0.3) is 82.4 Å². The third kappa shape index (κ3) is 5.66. The third-order valence-corrected chi connectivity index (χ3v) is 11.6. The topological polar surface area (TPSA) is 8.17 Å². The van der Waals surface area contributed by atoms with Gasteiger partial charge in [0.25, 0.3) is 0 Å². The van der Waals surface area contributed by atoms with Crippen LogP contribution >= 0.6 is 0 Å². The van der Waals surface area contributed by atoms with Crippen molar-refractivity contribution in [1.82, 2.24) is 4.57 Å². The zero-order valence-corrected chi connectivity index (χ0v) is 31.8. The molecule has 0 bridgehead atoms. The van der Waals surface area contributed by atoms with Crippen LogP contribution in [-0.4, -0.2) is 4.57 Å². The van der Waals surface area contributed by atoms with Crippen molar-refractivity contribution in [2.75, 3.05) is 4.90 Å². The van der Waals surface area contributed by atoms with Crippen molar-refractivity contribution in [3.8, 4) is 39.1 Å². The maximum Gasteiger partial charge on any atom is 0.0547 e. The second kappa shape index (κ2) is 14.1. The molecule has 11 rings (SSSR count). The molecule has 0 saturated carbocycles. The number of nitrogens with zero attached hydrogens (tertiary/aromatic N) is 2. The van der Waals surface area contributed by atoms with E-state index in [4.69, 9.17) is 0 Å². The average molecular weight is 739 g/mol. The lowest BCUT2D eigenvalue weighted by molar-refractivity contribution is 1.18. The van der Waals surface area contributed by atoms with Crippen LogP contribution in [0.5, 0.6) is 0 Å². The minimum atomic E-state index is 1.12. The molecule has 0 radical (unpaired) electrons. The lowest BCUT2D eigenvalue weighted by atomic mass is 9.92. The summed E-state index contributed by atoms with van der Waals surface area (Å²) in [4.78, 5) is 2.47. The van der Waals surface area contributed by atoms with E-state index in [1.165, 1.54) is 71.2 Å². The Morgan fingerprint density at radius 1 is 0.276 bits per heavy atom. The molecule has 11 aromatic rings. The number of anilines is 3. The van der Waals surface area contributed by atoms with Crippen molar-refractivity contribution in [3.05, 3.63) is 231 Å². The zero-order valence-electron chi connectivity index (χ0n) is 31.8. The Balaban J connectivity index is 1.11. The summed E-state index contributed by atoms with van der Waals surface area (Å²) in [6, 6.07) is 83.8. The van der Waals surface area contributed by atoms with Gasteiger partial charge in [-0.1, -0.05) is 188 Å². The van der Waals surface area contributed by atoms with Crippen LogP contribution in [-0.2, 0) is 0 Å². The van der Waals surface area contributed by atoms with Crippen LogP contribution in [0, 0.1) is 0 Å². The smallest absolute Gasteiger partial charge is 0.0547 e. The molecule has 272 valence electrons. The van der Waals surface area contributed by atoms with Gasteiger partial charge < -0.3 is 9.47 Å². The van der Waals surface area contributed by atoms with E-state index in [0.29, 0.717) is 0 Å². The summed E-state index contributed by atoms with van der Waals surface area (Å²) >= 11 is 0. The first-order valence-corrected chi connectivity index (χ1v) is 19.9. The molecular formula is C56H38N2. The summed E-state index contributed by atoms with van der Waals surface area (Å²) in [5.41, 5.74) is 14.0. The van der Waals surface area contributed by atoms with Crippen LogP contribution in [0.3, 0.4) is 0 Å². The van der Waals surface area contributed by atoms with E-state index >= 15 is 0 Å². The van der Waals surface area contributed by atoms with E-state index in [9.17, 15) is 0 Å². The lowest BCUT2D eigenvalue weighted by Gasteiger charge is -2.30. The van der Waals surface area contributed by atoms with Gasteiger partial charge in [0.1, 0.15) is 0 Å². The van der Waals surface area contributed by atoms with Crippen LogP contribution in [0.2, 0.25) is 0 Å². The first-order valence-electron chi connectivity index (χ1n) is 19.9. The molecule has 58 heavy (non-hydrogen) atoms. The summed E-state index contributed by atoms with van der Waals surface area (Å²) in [6.07, 6.45) is 0. The van der Waals surface area contributed by atoms with Crippen LogP contribution in [0.4, 0.5) is 17.1 Å². The van der Waals surface area contributed by atoms with Gasteiger partial charge in [0, 0.05) is 32.8 Å². The van der Waals surface area contributed by atoms with Crippen molar-refractivity contribution in [3.63, 3.8) is 0 Å². The highest BCUT2D eigenvalue weighted by atomic mass is 15.1. The lowest BCUT2D eigenvalue weighted by Crippen LogP contribution is -2.12. The third-order valence-electron chi connectivity index (χ3n) is 11.6. The standard InChI is InChI=1S/C56H38N2/c1-2-16-39(17-3-1)40-32-35-44(36-33-40)57-54-28-12-11-27-50(54)51-37-34-43(38-56(51)57)45-22-8-9-25-48(45)49-26-10-13-29-55(49)58(52-30-14-20-41-18-4-6-23-46(41)52)53-31-15-21-42-19-5-7-24-47(42)53/h1-38H. The van der Waals surface area contributed by atoms with Crippen LogP contribution in [0.15, 0.2) is 231 Å². The van der Waals surface area contributed by atoms with E-state index in [1.54, 1.807) is 0 Å². The van der Waals surface area contributed by atoms with E-state index in [1.807, 2.05) is 0 Å². The second-order valence-electron chi connectivity index (χ2n) is 14.9. The molecule has 0 aliphatic rings. The summed E-state index contributed by atoms with van der Waals surface area (Å²) in [5.74, 6) is 0. The van der Waals surface area contributed by atoms with Gasteiger partial charge in [-0.15, -0.1) is 0 Å². The monoisotopic (exact) mass is 738 g/mol. The highest BCUT2D eigenvalue weighted by molar-refractivity contribution is 6.11. The zero-order chi connectivity index (χ0) is 38.4. The molecule has 0 fully saturated rings. The number of benzene rings is 10. The maximum atomic E-state index is 2.47. The molecule has 0 atom stereocenters. The van der Waals surface area contributed by atoms with E-state index in [-0.39, 0.29) is 0 Å². The normalized spacial score (nSPS) is 11.4. The van der Waals surface area contributed by atoms with Crippen LogP contribution in [0.1, 0.15) is 0 Å². The molecule has 0 unspecified atom stereocenters. The highest BCUT2D eigenvalue weighted by Crippen LogP contribution is 2.47. The Hall–Kier alpha value is -7.68. The minimum Gasteiger partial charge on any atom is -0.309 e. The molecular weight excluding hydrogens is 701 g/mol. The molecule has 0 amide bonds. The predicted octanol–water partition coefficient (Wildman–Crippen LogP) is 15.6. The molecule has 0 aliphatic heterocycles. The van der Waals surface area contributed by atoms with Gasteiger partial charge >= 0.3 is 0 Å². The summed E-state index contributed by atoms with van der Waals surface area (Å²) < 4.78 is 2.42. The van der Waals surface area contributed by atoms with Gasteiger partial charge in [0.2, 0.25) is 0 Å². The fourth-order valence-electron chi connectivity index (χ4n) is 8.91. The predicted molar refractivity (Wildman–Crippen MR) is 247 cm³/mol. The van der Waals surface area contributed by atoms with Crippen molar-refractivity contribution in [2.24, 2.45) is 0 Å². The number of fused-ring (bicyclic) bond motifs is 5. The SMILES string of the molecule is c1ccc(-c2ccc(-n3c4ccccc4c4ccc(-c5ccccc5-c5ccccc5N(c5cccc6ccccc56)c5cccc6ccccc56)cc43)cc2)cc1. The van der Waals surface area contributed by atoms with Crippen LogP contribution < -0.4 is 4.90 Å². The number of aromatic nitrogens is 1. The Kier molecular flexibility index (Phi) is 8.19. The Labute approximate surface area is 338 Å². The number of para-hydroxylation sites is 2. The fourth-order valence-corrected chi connectivity index (χ4v) is 8.91. The fraction of sp³-hybridized carbons (Fsp3) is 0. The van der Waals surface area contributed by atoms with Gasteiger partial charge in [0.15, 0.2) is 0 Å². The minimum absolute atomic E-state index is 1.12. The Morgan fingerprint density at radius 2 is 0.759 bits per heavy atom. The molecule has 1 heterocycles. The van der Waals surface area contributed by atoms with E-state index < -0.39 is 0 Å². The average Bonchev–Trinajstić information content (AvgIpc) is 3.63. The molecule has 0 saturated heterocycles. The largest absolute Gasteiger partial charge is 0.309 e. The Morgan fingerprint density at radius 3 is 1.47 bits per heavy atom. The first kappa shape index (κ1) is 33.6. The molecule has 2 heteroatoms. The van der Waals surface area contributed by atoms with Gasteiger partial charge in [-0.3, -0.25) is 0 Å². The van der Waals surface area contributed by atoms with E-state index in [2.05, 4.69) is 240 Å². The second-order valence-corrected chi connectivity index (χ2v) is 14.9. The summed E-state index contributed by atoms with van der Waals surface area (Å²) in [6.45, 7) is 0. The van der Waals surface area contributed by atoms with Crippen molar-refractivity contribution in [1.29, 1.82) is 0 Å². The summed E-state index contributed by atoms with van der Waals surface area (Å²) in [7, 11) is 0. The molecule has 2 nitrogen and oxygen atoms in total.